The molecule has 2 aromatic rings. The van der Waals surface area contributed by atoms with Crippen LogP contribution < -0.4 is 10.2 Å². The summed E-state index contributed by atoms with van der Waals surface area (Å²) in [6.07, 6.45) is 1.08. The average molecular weight is 270 g/mol. The van der Waals surface area contributed by atoms with Gasteiger partial charge in [-0.05, 0) is 37.6 Å². The first kappa shape index (κ1) is 14.3. The van der Waals surface area contributed by atoms with Crippen molar-refractivity contribution in [3.63, 3.8) is 0 Å². The van der Waals surface area contributed by atoms with Crippen LogP contribution in [0.25, 0.3) is 11.4 Å². The van der Waals surface area contributed by atoms with Gasteiger partial charge in [-0.25, -0.2) is 9.97 Å². The van der Waals surface area contributed by atoms with Crippen molar-refractivity contribution >= 4 is 11.5 Å². The van der Waals surface area contributed by atoms with Crippen LogP contribution in [0.2, 0.25) is 0 Å². The third-order valence-corrected chi connectivity index (χ3v) is 3.05. The minimum Gasteiger partial charge on any atom is -0.378 e. The van der Waals surface area contributed by atoms with Crippen molar-refractivity contribution in [1.29, 1.82) is 0 Å². The molecule has 0 aliphatic carbocycles. The molecule has 2 rings (SSSR count). The zero-order valence-electron chi connectivity index (χ0n) is 12.6. The van der Waals surface area contributed by atoms with E-state index in [9.17, 15) is 0 Å². The van der Waals surface area contributed by atoms with Crippen molar-refractivity contribution in [2.45, 2.75) is 20.3 Å². The molecule has 0 unspecified atom stereocenters. The van der Waals surface area contributed by atoms with E-state index in [2.05, 4.69) is 51.4 Å². The summed E-state index contributed by atoms with van der Waals surface area (Å²) in [6, 6.07) is 10.3. The standard InChI is InChI=1S/C16H22N4/c1-5-10-17-15-11-12(2)18-16(19-15)13-6-8-14(9-7-13)20(3)4/h6-9,11H,5,10H2,1-4H3,(H,17,18,19). The van der Waals surface area contributed by atoms with Crippen molar-refractivity contribution in [2.75, 3.05) is 30.9 Å². The topological polar surface area (TPSA) is 41.1 Å². The Morgan fingerprint density at radius 3 is 2.40 bits per heavy atom. The molecule has 1 N–H and O–H groups in total. The molecular weight excluding hydrogens is 248 g/mol. The van der Waals surface area contributed by atoms with Crippen molar-refractivity contribution < 1.29 is 0 Å². The summed E-state index contributed by atoms with van der Waals surface area (Å²) >= 11 is 0. The van der Waals surface area contributed by atoms with Crippen LogP contribution in [-0.2, 0) is 0 Å². The van der Waals surface area contributed by atoms with Crippen molar-refractivity contribution in [3.05, 3.63) is 36.0 Å². The number of hydrogen-bond acceptors (Lipinski definition) is 4. The highest BCUT2D eigenvalue weighted by atomic mass is 15.1. The summed E-state index contributed by atoms with van der Waals surface area (Å²) in [5.74, 6) is 1.67. The molecule has 20 heavy (non-hydrogen) atoms. The molecule has 0 amide bonds. The highest BCUT2D eigenvalue weighted by Crippen LogP contribution is 2.21. The predicted molar refractivity (Wildman–Crippen MR) is 85.3 cm³/mol. The van der Waals surface area contributed by atoms with E-state index in [-0.39, 0.29) is 0 Å². The molecule has 0 bridgehead atoms. The fourth-order valence-electron chi connectivity index (χ4n) is 1.95. The molecule has 4 nitrogen and oxygen atoms in total. The monoisotopic (exact) mass is 270 g/mol. The van der Waals surface area contributed by atoms with Crippen LogP contribution in [0.5, 0.6) is 0 Å². The van der Waals surface area contributed by atoms with Crippen molar-refractivity contribution in [1.82, 2.24) is 9.97 Å². The number of nitrogens with zero attached hydrogens (tertiary/aromatic N) is 3. The van der Waals surface area contributed by atoms with Gasteiger partial charge in [0.1, 0.15) is 5.82 Å². The molecule has 0 fully saturated rings. The Balaban J connectivity index is 2.29. The van der Waals surface area contributed by atoms with Gasteiger partial charge < -0.3 is 10.2 Å². The molecule has 0 saturated carbocycles. The van der Waals surface area contributed by atoms with Gasteiger partial charge in [0.25, 0.3) is 0 Å². The summed E-state index contributed by atoms with van der Waals surface area (Å²) in [4.78, 5) is 11.2. The predicted octanol–water partition coefficient (Wildman–Crippen LogP) is 3.34. The van der Waals surface area contributed by atoms with E-state index in [1.165, 1.54) is 5.69 Å². The second kappa shape index (κ2) is 6.37. The fraction of sp³-hybridized carbons (Fsp3) is 0.375. The Hall–Kier alpha value is -2.10. The van der Waals surface area contributed by atoms with Gasteiger partial charge in [-0.15, -0.1) is 0 Å². The summed E-state index contributed by atoms with van der Waals surface area (Å²) in [6.45, 7) is 5.06. The van der Waals surface area contributed by atoms with Crippen LogP contribution in [0.3, 0.4) is 0 Å². The molecule has 1 heterocycles. The zero-order chi connectivity index (χ0) is 14.5. The smallest absolute Gasteiger partial charge is 0.161 e. The number of aryl methyl sites for hydroxylation is 1. The highest BCUT2D eigenvalue weighted by molar-refractivity contribution is 5.61. The minimum atomic E-state index is 0.772. The Labute approximate surface area is 120 Å². The van der Waals surface area contributed by atoms with Crippen molar-refractivity contribution in [2.24, 2.45) is 0 Å². The van der Waals surface area contributed by atoms with E-state index in [1.807, 2.05) is 27.1 Å². The van der Waals surface area contributed by atoms with Crippen molar-refractivity contribution in [3.8, 4) is 11.4 Å². The number of anilines is 2. The second-order valence-electron chi connectivity index (χ2n) is 5.09. The molecule has 0 aliphatic heterocycles. The summed E-state index contributed by atoms with van der Waals surface area (Å²) in [5.41, 5.74) is 3.19. The van der Waals surface area contributed by atoms with E-state index in [1.54, 1.807) is 0 Å². The van der Waals surface area contributed by atoms with Crippen LogP contribution >= 0.6 is 0 Å². The SMILES string of the molecule is CCCNc1cc(C)nc(-c2ccc(N(C)C)cc2)n1. The van der Waals surface area contributed by atoms with Gasteiger partial charge in [-0.3, -0.25) is 0 Å². The number of aromatic nitrogens is 2. The third kappa shape index (κ3) is 3.47. The first-order valence-corrected chi connectivity index (χ1v) is 6.97. The summed E-state index contributed by atoms with van der Waals surface area (Å²) in [7, 11) is 4.07. The molecule has 0 aliphatic rings. The second-order valence-corrected chi connectivity index (χ2v) is 5.09. The molecule has 0 atom stereocenters. The molecule has 1 aromatic heterocycles. The highest BCUT2D eigenvalue weighted by Gasteiger charge is 2.05. The molecule has 0 saturated heterocycles. The Kier molecular flexibility index (Phi) is 4.56. The van der Waals surface area contributed by atoms with Crippen LogP contribution in [0.4, 0.5) is 11.5 Å². The molecule has 106 valence electrons. The van der Waals surface area contributed by atoms with Crippen LogP contribution in [0.15, 0.2) is 30.3 Å². The van der Waals surface area contributed by atoms with Gasteiger partial charge in [-0.2, -0.15) is 0 Å². The van der Waals surface area contributed by atoms with E-state index >= 15 is 0 Å². The molecule has 1 aromatic carbocycles. The zero-order valence-corrected chi connectivity index (χ0v) is 12.6. The molecule has 4 heteroatoms. The Morgan fingerprint density at radius 2 is 1.80 bits per heavy atom. The van der Waals surface area contributed by atoms with E-state index in [4.69, 9.17) is 0 Å². The van der Waals surface area contributed by atoms with Gasteiger partial charge in [0.15, 0.2) is 5.82 Å². The lowest BCUT2D eigenvalue weighted by molar-refractivity contribution is 0.962. The normalized spacial score (nSPS) is 10.4. The van der Waals surface area contributed by atoms with Gasteiger partial charge >= 0.3 is 0 Å². The fourth-order valence-corrected chi connectivity index (χ4v) is 1.95. The molecule has 0 radical (unpaired) electrons. The lowest BCUT2D eigenvalue weighted by Crippen LogP contribution is -2.08. The lowest BCUT2D eigenvalue weighted by Gasteiger charge is -2.13. The van der Waals surface area contributed by atoms with Crippen LogP contribution in [0, 0.1) is 6.92 Å². The van der Waals surface area contributed by atoms with Crippen LogP contribution in [-0.4, -0.2) is 30.6 Å². The maximum Gasteiger partial charge on any atom is 0.161 e. The summed E-state index contributed by atoms with van der Waals surface area (Å²) in [5, 5.41) is 3.32. The van der Waals surface area contributed by atoms with E-state index in [0.717, 1.165) is 35.9 Å². The van der Waals surface area contributed by atoms with Gasteiger partial charge in [0.05, 0.1) is 0 Å². The van der Waals surface area contributed by atoms with Gasteiger partial charge in [0, 0.05) is 43.7 Å². The van der Waals surface area contributed by atoms with Crippen LogP contribution in [0.1, 0.15) is 19.0 Å². The Morgan fingerprint density at radius 1 is 1.10 bits per heavy atom. The van der Waals surface area contributed by atoms with Gasteiger partial charge in [0.2, 0.25) is 0 Å². The largest absolute Gasteiger partial charge is 0.378 e. The van der Waals surface area contributed by atoms with E-state index < -0.39 is 0 Å². The summed E-state index contributed by atoms with van der Waals surface area (Å²) < 4.78 is 0. The quantitative estimate of drug-likeness (QED) is 0.904. The average Bonchev–Trinajstić information content (AvgIpc) is 2.44. The number of nitrogens with one attached hydrogen (secondary N) is 1. The third-order valence-electron chi connectivity index (χ3n) is 3.05. The number of benzene rings is 1. The first-order valence-electron chi connectivity index (χ1n) is 6.97. The van der Waals surface area contributed by atoms with Gasteiger partial charge in [-0.1, -0.05) is 6.92 Å². The maximum atomic E-state index is 4.58. The Bertz CT molecular complexity index is 561. The minimum absolute atomic E-state index is 0.772. The van der Waals surface area contributed by atoms with E-state index in [0.29, 0.717) is 0 Å². The lowest BCUT2D eigenvalue weighted by atomic mass is 10.2. The maximum absolute atomic E-state index is 4.58. The number of rotatable bonds is 5. The molecule has 0 spiro atoms. The number of hydrogen-bond donors (Lipinski definition) is 1. The molecular formula is C16H22N4. The first-order chi connectivity index (χ1) is 9.60.